The fourth-order valence-corrected chi connectivity index (χ4v) is 3.22. The van der Waals surface area contributed by atoms with E-state index in [0.29, 0.717) is 18.8 Å². The van der Waals surface area contributed by atoms with Crippen molar-refractivity contribution in [1.29, 1.82) is 0 Å². The van der Waals surface area contributed by atoms with Crippen LogP contribution in [0.1, 0.15) is 29.8 Å². The highest BCUT2D eigenvalue weighted by atomic mass is 16.5. The first-order valence-corrected chi connectivity index (χ1v) is 6.96. The Morgan fingerprint density at radius 2 is 2.25 bits per heavy atom. The molecule has 3 rings (SSSR count). The van der Waals surface area contributed by atoms with Crippen LogP contribution in [0, 0.1) is 0 Å². The lowest BCUT2D eigenvalue weighted by Gasteiger charge is -2.37. The molecule has 0 spiro atoms. The summed E-state index contributed by atoms with van der Waals surface area (Å²) in [6.45, 7) is 0.956. The number of carbonyl (C=O) groups excluding carboxylic acids is 1. The largest absolute Gasteiger partial charge is 0.480 e. The molecule has 0 radical (unpaired) electrons. The van der Waals surface area contributed by atoms with Crippen LogP contribution in [0.25, 0.3) is 0 Å². The van der Waals surface area contributed by atoms with Crippen molar-refractivity contribution in [3.63, 3.8) is 0 Å². The standard InChI is InChI=1S/C14H18N2O4/c17-13(18)9-15-6-2-4-11(15)14(19)16-7-8-20-12-5-1-3-10(12)16/h2,4,6,10,12H,1,3,5,7-9H2,(H,17,18). The Morgan fingerprint density at radius 3 is 3.05 bits per heavy atom. The average Bonchev–Trinajstić information content (AvgIpc) is 3.05. The van der Waals surface area contributed by atoms with Gasteiger partial charge in [-0.15, -0.1) is 0 Å². The smallest absolute Gasteiger partial charge is 0.323 e. The van der Waals surface area contributed by atoms with Gasteiger partial charge in [0.1, 0.15) is 12.2 Å². The van der Waals surface area contributed by atoms with E-state index < -0.39 is 5.97 Å². The Bertz CT molecular complexity index is 525. The van der Waals surface area contributed by atoms with Crippen molar-refractivity contribution < 1.29 is 19.4 Å². The van der Waals surface area contributed by atoms with E-state index in [4.69, 9.17) is 9.84 Å². The highest BCUT2D eigenvalue weighted by molar-refractivity contribution is 5.93. The van der Waals surface area contributed by atoms with Crippen molar-refractivity contribution in [3.05, 3.63) is 24.0 Å². The number of carboxylic acid groups (broad SMARTS) is 1. The third kappa shape index (κ3) is 2.31. The molecule has 108 valence electrons. The van der Waals surface area contributed by atoms with Crippen molar-refractivity contribution in [2.75, 3.05) is 13.2 Å². The molecule has 6 nitrogen and oxygen atoms in total. The molecule has 1 aromatic rings. The van der Waals surface area contributed by atoms with Gasteiger partial charge in [-0.25, -0.2) is 0 Å². The van der Waals surface area contributed by atoms with E-state index in [2.05, 4.69) is 0 Å². The highest BCUT2D eigenvalue weighted by Crippen LogP contribution is 2.30. The van der Waals surface area contributed by atoms with Crippen LogP contribution in [0.5, 0.6) is 0 Å². The molecule has 0 bridgehead atoms. The van der Waals surface area contributed by atoms with Crippen molar-refractivity contribution in [1.82, 2.24) is 9.47 Å². The summed E-state index contributed by atoms with van der Waals surface area (Å²) < 4.78 is 7.19. The van der Waals surface area contributed by atoms with E-state index in [1.54, 1.807) is 18.3 Å². The molecule has 0 aromatic carbocycles. The summed E-state index contributed by atoms with van der Waals surface area (Å²) in [6.07, 6.45) is 4.83. The summed E-state index contributed by atoms with van der Waals surface area (Å²) >= 11 is 0. The molecule has 1 aliphatic carbocycles. The Kier molecular flexibility index (Phi) is 3.48. The molecule has 2 aliphatic rings. The monoisotopic (exact) mass is 278 g/mol. The highest BCUT2D eigenvalue weighted by Gasteiger charge is 2.39. The van der Waals surface area contributed by atoms with Gasteiger partial charge in [0.2, 0.25) is 0 Å². The Balaban J connectivity index is 1.81. The number of amides is 1. The number of ether oxygens (including phenoxy) is 1. The maximum absolute atomic E-state index is 12.7. The van der Waals surface area contributed by atoms with Crippen molar-refractivity contribution in [3.8, 4) is 0 Å². The fourth-order valence-electron chi connectivity index (χ4n) is 3.22. The second-order valence-electron chi connectivity index (χ2n) is 5.32. The normalized spacial score (nSPS) is 25.5. The maximum atomic E-state index is 12.7. The van der Waals surface area contributed by atoms with Crippen LogP contribution in [0.2, 0.25) is 0 Å². The van der Waals surface area contributed by atoms with Crippen LogP contribution >= 0.6 is 0 Å². The molecular weight excluding hydrogens is 260 g/mol. The van der Waals surface area contributed by atoms with Crippen LogP contribution in [0.3, 0.4) is 0 Å². The van der Waals surface area contributed by atoms with E-state index >= 15 is 0 Å². The third-order valence-electron chi connectivity index (χ3n) is 4.10. The first kappa shape index (κ1) is 13.2. The van der Waals surface area contributed by atoms with Gasteiger partial charge >= 0.3 is 5.97 Å². The van der Waals surface area contributed by atoms with Crippen LogP contribution in [-0.4, -0.2) is 51.7 Å². The van der Waals surface area contributed by atoms with Gasteiger partial charge in [0.15, 0.2) is 0 Å². The molecule has 1 aromatic heterocycles. The second kappa shape index (κ2) is 5.28. The molecule has 2 unspecified atom stereocenters. The molecule has 20 heavy (non-hydrogen) atoms. The second-order valence-corrected chi connectivity index (χ2v) is 5.32. The number of morpholine rings is 1. The number of fused-ring (bicyclic) bond motifs is 1. The van der Waals surface area contributed by atoms with Gasteiger partial charge in [0.25, 0.3) is 5.91 Å². The van der Waals surface area contributed by atoms with Gasteiger partial charge in [-0.05, 0) is 31.4 Å². The zero-order chi connectivity index (χ0) is 14.1. The van der Waals surface area contributed by atoms with Crippen LogP contribution in [0.15, 0.2) is 18.3 Å². The minimum Gasteiger partial charge on any atom is -0.480 e. The first-order valence-electron chi connectivity index (χ1n) is 6.96. The minimum atomic E-state index is -0.948. The number of nitrogens with zero attached hydrogens (tertiary/aromatic N) is 2. The summed E-state index contributed by atoms with van der Waals surface area (Å²) in [4.78, 5) is 25.4. The van der Waals surface area contributed by atoms with Crippen LogP contribution in [-0.2, 0) is 16.1 Å². The number of carbonyl (C=O) groups is 2. The topological polar surface area (TPSA) is 71.8 Å². The van der Waals surface area contributed by atoms with Crippen LogP contribution < -0.4 is 0 Å². The third-order valence-corrected chi connectivity index (χ3v) is 4.10. The molecular formula is C14H18N2O4. The molecule has 1 aliphatic heterocycles. The lowest BCUT2D eigenvalue weighted by Crippen LogP contribution is -2.51. The van der Waals surface area contributed by atoms with E-state index in [9.17, 15) is 9.59 Å². The summed E-state index contributed by atoms with van der Waals surface area (Å²) in [5.74, 6) is -1.03. The van der Waals surface area contributed by atoms with Gasteiger partial charge < -0.3 is 19.3 Å². The van der Waals surface area contributed by atoms with Crippen molar-refractivity contribution in [2.45, 2.75) is 38.0 Å². The predicted octanol–water partition coefficient (Wildman–Crippen LogP) is 0.966. The van der Waals surface area contributed by atoms with E-state index in [-0.39, 0.29) is 24.6 Å². The lowest BCUT2D eigenvalue weighted by atomic mass is 10.1. The molecule has 2 heterocycles. The SMILES string of the molecule is O=C(O)Cn1cccc1C(=O)N1CCOC2CCCC21. The van der Waals surface area contributed by atoms with Gasteiger partial charge in [0, 0.05) is 12.7 Å². The summed E-state index contributed by atoms with van der Waals surface area (Å²) in [7, 11) is 0. The zero-order valence-corrected chi connectivity index (χ0v) is 11.2. The van der Waals surface area contributed by atoms with Gasteiger partial charge in [-0.2, -0.15) is 0 Å². The molecule has 1 saturated heterocycles. The summed E-state index contributed by atoms with van der Waals surface area (Å²) in [5, 5.41) is 8.89. The first-order chi connectivity index (χ1) is 9.66. The Morgan fingerprint density at radius 1 is 1.40 bits per heavy atom. The van der Waals surface area contributed by atoms with Crippen molar-refractivity contribution >= 4 is 11.9 Å². The quantitative estimate of drug-likeness (QED) is 0.894. The van der Waals surface area contributed by atoms with Gasteiger partial charge in [-0.1, -0.05) is 0 Å². The van der Waals surface area contributed by atoms with Gasteiger partial charge in [0.05, 0.1) is 18.8 Å². The molecule has 1 saturated carbocycles. The minimum absolute atomic E-state index is 0.0866. The zero-order valence-electron chi connectivity index (χ0n) is 11.2. The number of carboxylic acids is 1. The molecule has 6 heteroatoms. The van der Waals surface area contributed by atoms with Gasteiger partial charge in [-0.3, -0.25) is 9.59 Å². The number of hydrogen-bond acceptors (Lipinski definition) is 3. The number of rotatable bonds is 3. The molecule has 2 atom stereocenters. The summed E-state index contributed by atoms with van der Waals surface area (Å²) in [6, 6.07) is 3.54. The van der Waals surface area contributed by atoms with E-state index in [1.165, 1.54) is 4.57 Å². The number of aliphatic carboxylic acids is 1. The average molecular weight is 278 g/mol. The molecule has 1 N–H and O–H groups in total. The van der Waals surface area contributed by atoms with Crippen molar-refractivity contribution in [2.24, 2.45) is 0 Å². The molecule has 1 amide bonds. The van der Waals surface area contributed by atoms with E-state index in [1.807, 2.05) is 4.90 Å². The number of aromatic nitrogens is 1. The predicted molar refractivity (Wildman–Crippen MR) is 70.5 cm³/mol. The lowest BCUT2D eigenvalue weighted by molar-refractivity contribution is -0.137. The summed E-state index contributed by atoms with van der Waals surface area (Å²) in [5.41, 5.74) is 0.444. The fraction of sp³-hybridized carbons (Fsp3) is 0.571. The Labute approximate surface area is 116 Å². The van der Waals surface area contributed by atoms with E-state index in [0.717, 1.165) is 19.3 Å². The van der Waals surface area contributed by atoms with Crippen LogP contribution in [0.4, 0.5) is 0 Å². The number of hydrogen-bond donors (Lipinski definition) is 1. The molecule has 2 fully saturated rings. The maximum Gasteiger partial charge on any atom is 0.323 e. The Hall–Kier alpha value is -1.82.